The van der Waals surface area contributed by atoms with Gasteiger partial charge in [-0.3, -0.25) is 0 Å². The predicted octanol–water partition coefficient (Wildman–Crippen LogP) is 5.24. The molecule has 5 heterocycles. The molecule has 1 aromatic carbocycles. The molecular weight excluding hydrogens is 565 g/mol. The molecule has 6 rings (SSSR count). The molecule has 42 heavy (non-hydrogen) atoms. The van der Waals surface area contributed by atoms with Gasteiger partial charge >= 0.3 is 6.03 Å². The number of anilines is 2. The van der Waals surface area contributed by atoms with Crippen molar-refractivity contribution in [3.63, 3.8) is 0 Å². The fourth-order valence-electron chi connectivity index (χ4n) is 5.46. The van der Waals surface area contributed by atoms with Gasteiger partial charge in [0.05, 0.1) is 23.8 Å². The topological polar surface area (TPSA) is 89.5 Å². The molecule has 1 atom stereocenters. The molecule has 220 valence electrons. The summed E-state index contributed by atoms with van der Waals surface area (Å²) in [6.07, 6.45) is 1.83. The highest BCUT2D eigenvalue weighted by molar-refractivity contribution is 7.99. The molecule has 0 bridgehead atoms. The Kier molecular flexibility index (Phi) is 8.50. The quantitative estimate of drug-likeness (QED) is 0.283. The highest BCUT2D eigenvalue weighted by atomic mass is 32.2. The smallest absolute Gasteiger partial charge is 0.317 e. The molecule has 0 saturated carbocycles. The van der Waals surface area contributed by atoms with Gasteiger partial charge in [0, 0.05) is 59.4 Å². The monoisotopic (exact) mass is 602 g/mol. The van der Waals surface area contributed by atoms with Crippen molar-refractivity contribution in [2.45, 2.75) is 32.5 Å². The first-order valence-electron chi connectivity index (χ1n) is 14.5. The molecular formula is C31H38N8OS2. The van der Waals surface area contributed by atoms with Crippen molar-refractivity contribution in [1.29, 1.82) is 0 Å². The fraction of sp³-hybridized carbons (Fsp3) is 0.419. The number of thioether (sulfide) groups is 1. The van der Waals surface area contributed by atoms with Gasteiger partial charge in [-0.2, -0.15) is 11.8 Å². The highest BCUT2D eigenvalue weighted by Crippen LogP contribution is 2.36. The van der Waals surface area contributed by atoms with Crippen LogP contribution in [0, 0.1) is 6.92 Å². The number of carbonyl (C=O) groups excluding carboxylic acids is 1. The molecule has 1 unspecified atom stereocenters. The Labute approximate surface area is 255 Å². The number of amides is 2. The zero-order valence-electron chi connectivity index (χ0n) is 24.6. The molecule has 9 nitrogen and oxygen atoms in total. The van der Waals surface area contributed by atoms with Crippen molar-refractivity contribution in [2.24, 2.45) is 0 Å². The number of aryl methyl sites for hydroxylation is 1. The van der Waals surface area contributed by atoms with Gasteiger partial charge in [0.25, 0.3) is 0 Å². The minimum atomic E-state index is 0.0497. The lowest BCUT2D eigenvalue weighted by Crippen LogP contribution is -2.62. The molecule has 2 fully saturated rings. The Bertz CT molecular complexity index is 1560. The summed E-state index contributed by atoms with van der Waals surface area (Å²) in [5.74, 6) is 4.42. The van der Waals surface area contributed by atoms with Gasteiger partial charge in [-0.1, -0.05) is 24.3 Å². The molecule has 2 aliphatic rings. The number of nitrogens with one attached hydrogen (secondary N) is 2. The van der Waals surface area contributed by atoms with Crippen molar-refractivity contribution in [2.75, 3.05) is 62.0 Å². The lowest BCUT2D eigenvalue weighted by atomic mass is 10.1. The summed E-state index contributed by atoms with van der Waals surface area (Å²) < 4.78 is 0. The number of rotatable bonds is 8. The van der Waals surface area contributed by atoms with E-state index in [4.69, 9.17) is 9.97 Å². The molecule has 0 radical (unpaired) electrons. The summed E-state index contributed by atoms with van der Waals surface area (Å²) >= 11 is 3.72. The van der Waals surface area contributed by atoms with E-state index in [-0.39, 0.29) is 18.1 Å². The fourth-order valence-corrected chi connectivity index (χ4v) is 7.43. The Morgan fingerprint density at radius 2 is 1.90 bits per heavy atom. The van der Waals surface area contributed by atoms with Crippen molar-refractivity contribution >= 4 is 51.7 Å². The van der Waals surface area contributed by atoms with Crippen LogP contribution in [-0.2, 0) is 6.54 Å². The van der Waals surface area contributed by atoms with Crippen LogP contribution in [0.25, 0.3) is 21.3 Å². The van der Waals surface area contributed by atoms with Crippen LogP contribution in [0.3, 0.4) is 0 Å². The molecule has 11 heteroatoms. The van der Waals surface area contributed by atoms with Gasteiger partial charge in [0.1, 0.15) is 17.5 Å². The lowest BCUT2D eigenvalue weighted by molar-refractivity contribution is 0.196. The van der Waals surface area contributed by atoms with Crippen LogP contribution in [-0.4, -0.2) is 88.6 Å². The van der Waals surface area contributed by atoms with Crippen molar-refractivity contribution in [3.8, 4) is 10.4 Å². The largest absolute Gasteiger partial charge is 0.362 e. The number of urea groups is 1. The molecule has 0 spiro atoms. The van der Waals surface area contributed by atoms with Crippen molar-refractivity contribution in [1.82, 2.24) is 30.1 Å². The van der Waals surface area contributed by atoms with E-state index in [1.807, 2.05) is 41.1 Å². The van der Waals surface area contributed by atoms with E-state index in [0.29, 0.717) is 5.82 Å². The minimum absolute atomic E-state index is 0.0497. The summed E-state index contributed by atoms with van der Waals surface area (Å²) in [5, 5.41) is 7.80. The molecule has 0 aliphatic carbocycles. The van der Waals surface area contributed by atoms with Crippen LogP contribution >= 0.6 is 23.1 Å². The van der Waals surface area contributed by atoms with E-state index in [1.165, 1.54) is 20.9 Å². The van der Waals surface area contributed by atoms with Crippen LogP contribution in [0.1, 0.15) is 29.2 Å². The van der Waals surface area contributed by atoms with Gasteiger partial charge in [-0.25, -0.2) is 19.7 Å². The summed E-state index contributed by atoms with van der Waals surface area (Å²) in [7, 11) is 4.21. The van der Waals surface area contributed by atoms with Crippen molar-refractivity contribution < 1.29 is 4.79 Å². The third-order valence-electron chi connectivity index (χ3n) is 7.69. The third kappa shape index (κ3) is 6.33. The number of pyridine rings is 1. The maximum atomic E-state index is 12.6. The molecule has 2 aliphatic heterocycles. The summed E-state index contributed by atoms with van der Waals surface area (Å²) in [5.41, 5.74) is 3.43. The molecule has 2 amide bonds. The molecule has 2 saturated heterocycles. The van der Waals surface area contributed by atoms with Gasteiger partial charge in [0.2, 0.25) is 0 Å². The van der Waals surface area contributed by atoms with Gasteiger partial charge < -0.3 is 25.3 Å². The Morgan fingerprint density at radius 3 is 2.69 bits per heavy atom. The number of hydrogen-bond acceptors (Lipinski definition) is 9. The second kappa shape index (κ2) is 12.4. The van der Waals surface area contributed by atoms with E-state index in [2.05, 4.69) is 88.9 Å². The Hall–Kier alpha value is -3.41. The highest BCUT2D eigenvalue weighted by Gasteiger charge is 2.31. The number of nitrogens with zero attached hydrogens (tertiary/aromatic N) is 6. The zero-order valence-corrected chi connectivity index (χ0v) is 26.3. The van der Waals surface area contributed by atoms with Crippen LogP contribution in [0.15, 0.2) is 48.7 Å². The van der Waals surface area contributed by atoms with Crippen LogP contribution < -0.4 is 15.5 Å². The SMILES string of the molecule is Cc1nc(NC(C)c2ccc(-c3ccccc3CN(C)C)s2)c2cc(N3CC(NC(=O)N4CCSCC4)C3)ncc2n1. The second-order valence-electron chi connectivity index (χ2n) is 11.3. The maximum Gasteiger partial charge on any atom is 0.317 e. The number of aromatic nitrogens is 3. The van der Waals surface area contributed by atoms with E-state index in [0.717, 1.165) is 66.8 Å². The van der Waals surface area contributed by atoms with Crippen LogP contribution in [0.2, 0.25) is 0 Å². The molecule has 3 aromatic heterocycles. The second-order valence-corrected chi connectivity index (χ2v) is 13.6. The van der Waals surface area contributed by atoms with E-state index >= 15 is 0 Å². The molecule has 2 N–H and O–H groups in total. The molecule has 4 aromatic rings. The van der Waals surface area contributed by atoms with Crippen LogP contribution in [0.4, 0.5) is 16.4 Å². The van der Waals surface area contributed by atoms with Crippen LogP contribution in [0.5, 0.6) is 0 Å². The van der Waals surface area contributed by atoms with Gasteiger partial charge in [-0.15, -0.1) is 11.3 Å². The average molecular weight is 603 g/mol. The maximum absolute atomic E-state index is 12.6. The van der Waals surface area contributed by atoms with E-state index in [1.54, 1.807) is 0 Å². The Morgan fingerprint density at radius 1 is 1.12 bits per heavy atom. The number of benzene rings is 1. The summed E-state index contributed by atoms with van der Waals surface area (Å²) in [4.78, 5) is 35.6. The first kappa shape index (κ1) is 28.7. The summed E-state index contributed by atoms with van der Waals surface area (Å²) in [6, 6.07) is 15.4. The van der Waals surface area contributed by atoms with Crippen molar-refractivity contribution in [3.05, 3.63) is 64.9 Å². The van der Waals surface area contributed by atoms with Gasteiger partial charge in [0.15, 0.2) is 0 Å². The lowest BCUT2D eigenvalue weighted by Gasteiger charge is -2.41. The third-order valence-corrected chi connectivity index (χ3v) is 9.93. The first-order valence-corrected chi connectivity index (χ1v) is 16.4. The Balaban J connectivity index is 1.16. The minimum Gasteiger partial charge on any atom is -0.362 e. The number of fused-ring (bicyclic) bond motifs is 1. The first-order chi connectivity index (χ1) is 20.3. The predicted molar refractivity (Wildman–Crippen MR) is 175 cm³/mol. The number of hydrogen-bond donors (Lipinski definition) is 2. The number of carbonyl (C=O) groups is 1. The number of thiophene rings is 1. The van der Waals surface area contributed by atoms with E-state index in [9.17, 15) is 4.79 Å². The average Bonchev–Trinajstić information content (AvgIpc) is 3.45. The normalized spacial score (nSPS) is 16.5. The standard InChI is InChI=1S/C31H38N8OS2/c1-20(27-9-10-28(42-27)24-8-6-5-7-22(24)17-37(3)4)33-30-25-15-29(32-16-26(25)34-21(2)35-30)39-18-23(19-39)36-31(40)38-11-13-41-14-12-38/h5-10,15-16,20,23H,11-14,17-19H2,1-4H3,(H,36,40)(H,33,34,35). The summed E-state index contributed by atoms with van der Waals surface area (Å²) in [6.45, 7) is 8.13. The van der Waals surface area contributed by atoms with E-state index < -0.39 is 0 Å². The van der Waals surface area contributed by atoms with Gasteiger partial charge in [-0.05, 0) is 57.3 Å². The zero-order chi connectivity index (χ0) is 29.2.